The smallest absolute Gasteiger partial charge is 0.198 e. The Hall–Kier alpha value is -2.15. The molecule has 2 aromatic heterocycles. The molecule has 1 aromatic carbocycles. The maximum atomic E-state index is 13.7. The molecule has 0 aliphatic rings. The fourth-order valence-corrected chi connectivity index (χ4v) is 1.86. The van der Waals surface area contributed by atoms with Crippen LogP contribution in [0.2, 0.25) is 5.15 Å². The van der Waals surface area contributed by atoms with E-state index in [0.717, 1.165) is 12.1 Å². The summed E-state index contributed by atoms with van der Waals surface area (Å²) >= 11 is 5.79. The highest BCUT2D eigenvalue weighted by atomic mass is 35.5. The lowest BCUT2D eigenvalue weighted by molar-refractivity contribution is 0.448. The van der Waals surface area contributed by atoms with Gasteiger partial charge in [0, 0.05) is 12.4 Å². The fourth-order valence-electron chi connectivity index (χ4n) is 1.68. The monoisotopic (exact) mass is 284 g/mol. The van der Waals surface area contributed by atoms with Gasteiger partial charge in [0.2, 0.25) is 0 Å². The van der Waals surface area contributed by atoms with Gasteiger partial charge in [-0.2, -0.15) is 0 Å². The van der Waals surface area contributed by atoms with E-state index in [-0.39, 0.29) is 22.2 Å². The van der Waals surface area contributed by atoms with Gasteiger partial charge in [-0.05, 0) is 12.1 Å². The van der Waals surface area contributed by atoms with Crippen molar-refractivity contribution >= 4 is 17.2 Å². The van der Waals surface area contributed by atoms with Crippen molar-refractivity contribution in [1.29, 1.82) is 0 Å². The molecule has 0 bridgehead atoms. The fraction of sp³-hybridized carbons (Fsp3) is 0. The molecule has 4 nitrogen and oxygen atoms in total. The van der Waals surface area contributed by atoms with Gasteiger partial charge in [-0.1, -0.05) is 11.6 Å². The molecule has 0 atom stereocenters. The largest absolute Gasteiger partial charge is 0.278 e. The molecule has 0 unspecified atom stereocenters. The lowest BCUT2D eigenvalue weighted by atomic mass is 10.2. The minimum absolute atomic E-state index is 0.00991. The Kier molecular flexibility index (Phi) is 2.63. The molecule has 0 radical (unpaired) electrons. The zero-order chi connectivity index (χ0) is 13.6. The number of rotatable bonds is 1. The molecule has 0 saturated heterocycles. The van der Waals surface area contributed by atoms with Gasteiger partial charge in [0.15, 0.2) is 34.1 Å². The topological polar surface area (TPSA) is 43.1 Å². The van der Waals surface area contributed by atoms with Crippen LogP contribution in [0.3, 0.4) is 0 Å². The van der Waals surface area contributed by atoms with Crippen LogP contribution in [0.15, 0.2) is 24.5 Å². The third-order valence-corrected chi connectivity index (χ3v) is 2.83. The lowest BCUT2D eigenvalue weighted by Gasteiger charge is -2.03. The van der Waals surface area contributed by atoms with Crippen LogP contribution in [-0.4, -0.2) is 19.6 Å². The van der Waals surface area contributed by atoms with Crippen LogP contribution in [0.5, 0.6) is 0 Å². The second kappa shape index (κ2) is 4.20. The van der Waals surface area contributed by atoms with Crippen LogP contribution < -0.4 is 0 Å². The summed E-state index contributed by atoms with van der Waals surface area (Å²) in [6, 6.07) is 1.90. The van der Waals surface area contributed by atoms with E-state index in [1.165, 1.54) is 16.8 Å². The number of fused-ring (bicyclic) bond motifs is 1. The predicted octanol–water partition coefficient (Wildman–Crippen LogP) is 2.86. The maximum absolute atomic E-state index is 13.7. The van der Waals surface area contributed by atoms with Crippen molar-refractivity contribution in [3.8, 4) is 11.4 Å². The third kappa shape index (κ3) is 1.74. The summed E-state index contributed by atoms with van der Waals surface area (Å²) in [5.41, 5.74) is -0.0167. The Morgan fingerprint density at radius 1 is 1.05 bits per heavy atom. The summed E-state index contributed by atoms with van der Waals surface area (Å²) in [5.74, 6) is -4.15. The zero-order valence-corrected chi connectivity index (χ0v) is 9.87. The first kappa shape index (κ1) is 11.9. The molecule has 3 rings (SSSR count). The summed E-state index contributed by atoms with van der Waals surface area (Å²) in [7, 11) is 0. The number of hydrogen-bond acceptors (Lipinski definition) is 3. The molecule has 19 heavy (non-hydrogen) atoms. The van der Waals surface area contributed by atoms with E-state index in [9.17, 15) is 13.2 Å². The van der Waals surface area contributed by atoms with Crippen LogP contribution in [-0.2, 0) is 0 Å². The molecule has 0 amide bonds. The normalized spacial score (nSPS) is 11.2. The minimum Gasteiger partial charge on any atom is -0.278 e. The van der Waals surface area contributed by atoms with Gasteiger partial charge >= 0.3 is 0 Å². The quantitative estimate of drug-likeness (QED) is 0.645. The van der Waals surface area contributed by atoms with Crippen molar-refractivity contribution in [3.63, 3.8) is 0 Å². The summed E-state index contributed by atoms with van der Waals surface area (Å²) in [6.07, 6.45) is 2.80. The van der Waals surface area contributed by atoms with E-state index in [0.29, 0.717) is 0 Å². The van der Waals surface area contributed by atoms with Gasteiger partial charge in [0.25, 0.3) is 0 Å². The van der Waals surface area contributed by atoms with Crippen molar-refractivity contribution in [2.45, 2.75) is 0 Å². The van der Waals surface area contributed by atoms with E-state index in [1.54, 1.807) is 0 Å². The van der Waals surface area contributed by atoms with E-state index in [1.807, 2.05) is 0 Å². The summed E-state index contributed by atoms with van der Waals surface area (Å²) < 4.78 is 41.2. The Morgan fingerprint density at radius 3 is 2.63 bits per heavy atom. The van der Waals surface area contributed by atoms with Gasteiger partial charge in [-0.15, -0.1) is 10.2 Å². The second-order valence-corrected chi connectivity index (χ2v) is 4.02. The van der Waals surface area contributed by atoms with Crippen LogP contribution in [0.1, 0.15) is 0 Å². The zero-order valence-electron chi connectivity index (χ0n) is 9.11. The SMILES string of the molecule is Fc1ccc(-c2nnc3c(Cl)nccn23)c(F)c1F. The van der Waals surface area contributed by atoms with Gasteiger partial charge in [0.1, 0.15) is 0 Å². The molecular formula is C11H4ClF3N4. The Morgan fingerprint density at radius 2 is 1.84 bits per heavy atom. The van der Waals surface area contributed by atoms with Crippen LogP contribution in [0, 0.1) is 17.5 Å². The summed E-state index contributed by atoms with van der Waals surface area (Å²) in [4.78, 5) is 3.78. The molecule has 0 aliphatic carbocycles. The summed E-state index contributed by atoms with van der Waals surface area (Å²) in [6.45, 7) is 0. The standard InChI is InChI=1S/C11H4ClF3N4/c12-9-11-18-17-10(19(11)4-3-16-9)5-1-2-6(13)8(15)7(5)14/h1-4H. The Bertz CT molecular complexity index is 787. The number of nitrogens with zero attached hydrogens (tertiary/aromatic N) is 4. The minimum atomic E-state index is -1.56. The molecule has 0 aliphatic heterocycles. The number of hydrogen-bond donors (Lipinski definition) is 0. The molecule has 96 valence electrons. The first-order chi connectivity index (χ1) is 9.09. The highest BCUT2D eigenvalue weighted by Gasteiger charge is 2.19. The first-order valence-corrected chi connectivity index (χ1v) is 5.46. The van der Waals surface area contributed by atoms with Gasteiger partial charge in [0.05, 0.1) is 5.56 Å². The van der Waals surface area contributed by atoms with Crippen LogP contribution >= 0.6 is 11.6 Å². The van der Waals surface area contributed by atoms with Crippen LogP contribution in [0.4, 0.5) is 13.2 Å². The average molecular weight is 285 g/mol. The first-order valence-electron chi connectivity index (χ1n) is 5.08. The maximum Gasteiger partial charge on any atom is 0.198 e. The van der Waals surface area contributed by atoms with E-state index in [2.05, 4.69) is 15.2 Å². The van der Waals surface area contributed by atoms with Crippen molar-refractivity contribution in [2.24, 2.45) is 0 Å². The number of benzene rings is 1. The highest BCUT2D eigenvalue weighted by Crippen LogP contribution is 2.26. The van der Waals surface area contributed by atoms with Gasteiger partial charge in [-0.3, -0.25) is 4.40 Å². The second-order valence-electron chi connectivity index (χ2n) is 3.66. The average Bonchev–Trinajstić information content (AvgIpc) is 2.82. The Labute approximate surface area is 109 Å². The molecule has 2 heterocycles. The van der Waals surface area contributed by atoms with Crippen molar-refractivity contribution in [2.75, 3.05) is 0 Å². The molecular weight excluding hydrogens is 281 g/mol. The van der Waals surface area contributed by atoms with E-state index in [4.69, 9.17) is 11.6 Å². The molecule has 3 aromatic rings. The molecule has 0 fully saturated rings. The molecule has 0 spiro atoms. The number of aromatic nitrogens is 4. The molecule has 0 N–H and O–H groups in total. The molecule has 8 heteroatoms. The van der Waals surface area contributed by atoms with Crippen molar-refractivity contribution < 1.29 is 13.2 Å². The predicted molar refractivity (Wildman–Crippen MR) is 61.1 cm³/mol. The highest BCUT2D eigenvalue weighted by molar-refractivity contribution is 6.32. The van der Waals surface area contributed by atoms with Crippen LogP contribution in [0.25, 0.3) is 17.0 Å². The lowest BCUT2D eigenvalue weighted by Crippen LogP contribution is -1.97. The third-order valence-electron chi connectivity index (χ3n) is 2.56. The van der Waals surface area contributed by atoms with Gasteiger partial charge < -0.3 is 0 Å². The van der Waals surface area contributed by atoms with Gasteiger partial charge in [-0.25, -0.2) is 18.2 Å². The van der Waals surface area contributed by atoms with E-state index >= 15 is 0 Å². The summed E-state index contributed by atoms with van der Waals surface area (Å²) in [5, 5.41) is 7.51. The van der Waals surface area contributed by atoms with E-state index < -0.39 is 17.5 Å². The van der Waals surface area contributed by atoms with Crippen molar-refractivity contribution in [1.82, 2.24) is 19.6 Å². The molecule has 0 saturated carbocycles. The van der Waals surface area contributed by atoms with Crippen molar-refractivity contribution in [3.05, 3.63) is 47.1 Å². The Balaban J connectivity index is 2.31. The number of halogens is 4.